The molecule has 0 aliphatic heterocycles. The number of benzene rings is 1. The number of aromatic nitrogens is 4. The molecule has 0 bridgehead atoms. The fourth-order valence-electron chi connectivity index (χ4n) is 2.65. The lowest BCUT2D eigenvalue weighted by atomic mass is 10.2. The van der Waals surface area contributed by atoms with Crippen LogP contribution in [0.15, 0.2) is 39.0 Å². The molecule has 0 spiro atoms. The summed E-state index contributed by atoms with van der Waals surface area (Å²) in [6.07, 6.45) is 1.50. The van der Waals surface area contributed by atoms with E-state index in [4.69, 9.17) is 4.74 Å². The van der Waals surface area contributed by atoms with Gasteiger partial charge in [-0.1, -0.05) is 12.1 Å². The minimum absolute atomic E-state index is 0.249. The molecule has 2 aromatic heterocycles. The third kappa shape index (κ3) is 3.51. The molecule has 0 saturated carbocycles. The van der Waals surface area contributed by atoms with Crippen LogP contribution in [0.5, 0.6) is 0 Å². The average Bonchev–Trinajstić information content (AvgIpc) is 3.03. The van der Waals surface area contributed by atoms with Crippen molar-refractivity contribution in [2.75, 3.05) is 19.1 Å². The van der Waals surface area contributed by atoms with Gasteiger partial charge in [0.15, 0.2) is 11.2 Å². The molecule has 1 aromatic carbocycles. The highest BCUT2D eigenvalue weighted by atomic mass is 19.1. The zero-order valence-electron chi connectivity index (χ0n) is 15.1. The van der Waals surface area contributed by atoms with E-state index in [1.54, 1.807) is 30.9 Å². The summed E-state index contributed by atoms with van der Waals surface area (Å²) in [6, 6.07) is 5.81. The lowest BCUT2D eigenvalue weighted by Crippen LogP contribution is -2.37. The first-order valence-electron chi connectivity index (χ1n) is 8.14. The van der Waals surface area contributed by atoms with E-state index in [1.165, 1.54) is 30.0 Å². The van der Waals surface area contributed by atoms with Crippen molar-refractivity contribution < 1.29 is 9.13 Å². The van der Waals surface area contributed by atoms with Crippen molar-refractivity contribution >= 4 is 23.3 Å². The monoisotopic (exact) mass is 374 g/mol. The van der Waals surface area contributed by atoms with Gasteiger partial charge in [-0.15, -0.1) is 0 Å². The number of hydrazone groups is 1. The largest absolute Gasteiger partial charge is 0.383 e. The van der Waals surface area contributed by atoms with Gasteiger partial charge in [-0.2, -0.15) is 10.1 Å². The first kappa shape index (κ1) is 18.5. The van der Waals surface area contributed by atoms with E-state index in [0.717, 1.165) is 4.57 Å². The summed E-state index contributed by atoms with van der Waals surface area (Å²) in [5, 5.41) is 4.09. The number of hydrogen-bond donors (Lipinski definition) is 1. The standard InChI is InChI=1S/C17H19FN6O3/c1-22-14-13(15(25)23(2)17(22)26)24(8-9-27-3)16(20-14)21-19-10-11-4-6-12(18)7-5-11/h4-7,10H,8-9H2,1-3H3,(H,20,21). The van der Waals surface area contributed by atoms with Gasteiger partial charge < -0.3 is 9.30 Å². The third-order valence-corrected chi connectivity index (χ3v) is 4.12. The van der Waals surface area contributed by atoms with Crippen LogP contribution in [-0.2, 0) is 25.4 Å². The smallest absolute Gasteiger partial charge is 0.332 e. The molecule has 0 radical (unpaired) electrons. The Morgan fingerprint density at radius 1 is 1.22 bits per heavy atom. The van der Waals surface area contributed by atoms with E-state index in [0.29, 0.717) is 24.7 Å². The molecule has 0 amide bonds. The number of rotatable bonds is 6. The van der Waals surface area contributed by atoms with Crippen LogP contribution in [0, 0.1) is 5.82 Å². The van der Waals surface area contributed by atoms with Crippen LogP contribution in [0.3, 0.4) is 0 Å². The minimum atomic E-state index is -0.467. The second kappa shape index (κ2) is 7.54. The number of halogens is 1. The molecule has 0 fully saturated rings. The molecule has 3 rings (SSSR count). The Morgan fingerprint density at radius 2 is 1.93 bits per heavy atom. The van der Waals surface area contributed by atoms with Gasteiger partial charge in [0.25, 0.3) is 5.56 Å². The molecule has 2 heterocycles. The predicted molar refractivity (Wildman–Crippen MR) is 99.7 cm³/mol. The lowest BCUT2D eigenvalue weighted by Gasteiger charge is -2.08. The van der Waals surface area contributed by atoms with Gasteiger partial charge in [-0.3, -0.25) is 13.9 Å². The van der Waals surface area contributed by atoms with Gasteiger partial charge in [0, 0.05) is 27.7 Å². The summed E-state index contributed by atoms with van der Waals surface area (Å²) < 4.78 is 22.0. The van der Waals surface area contributed by atoms with Crippen LogP contribution in [-0.4, -0.2) is 38.6 Å². The number of nitrogens with zero attached hydrogens (tertiary/aromatic N) is 5. The van der Waals surface area contributed by atoms with Gasteiger partial charge in [-0.25, -0.2) is 14.6 Å². The molecule has 0 aliphatic carbocycles. The quantitative estimate of drug-likeness (QED) is 0.505. The molecule has 27 heavy (non-hydrogen) atoms. The molecule has 0 unspecified atom stereocenters. The van der Waals surface area contributed by atoms with E-state index < -0.39 is 11.2 Å². The number of ether oxygens (including phenoxy) is 1. The number of nitrogens with one attached hydrogen (secondary N) is 1. The Kier molecular flexibility index (Phi) is 5.17. The summed E-state index contributed by atoms with van der Waals surface area (Å²) >= 11 is 0. The first-order chi connectivity index (χ1) is 12.9. The highest BCUT2D eigenvalue weighted by Crippen LogP contribution is 2.15. The molecule has 142 valence electrons. The van der Waals surface area contributed by atoms with Crippen molar-refractivity contribution in [3.8, 4) is 0 Å². The Balaban J connectivity index is 2.04. The zero-order valence-corrected chi connectivity index (χ0v) is 15.1. The van der Waals surface area contributed by atoms with Crippen molar-refractivity contribution in [1.82, 2.24) is 18.7 Å². The van der Waals surface area contributed by atoms with Crippen LogP contribution >= 0.6 is 0 Å². The molecule has 0 saturated heterocycles. The second-order valence-electron chi connectivity index (χ2n) is 5.88. The van der Waals surface area contributed by atoms with Crippen molar-refractivity contribution in [2.24, 2.45) is 19.2 Å². The van der Waals surface area contributed by atoms with E-state index >= 15 is 0 Å². The van der Waals surface area contributed by atoms with Crippen molar-refractivity contribution in [3.05, 3.63) is 56.5 Å². The number of anilines is 1. The summed E-state index contributed by atoms with van der Waals surface area (Å²) in [5.41, 5.74) is 3.07. The molecule has 9 nitrogen and oxygen atoms in total. The maximum absolute atomic E-state index is 13.0. The van der Waals surface area contributed by atoms with Crippen molar-refractivity contribution in [2.45, 2.75) is 6.54 Å². The Hall–Kier alpha value is -3.27. The van der Waals surface area contributed by atoms with Crippen LogP contribution < -0.4 is 16.7 Å². The van der Waals surface area contributed by atoms with Crippen LogP contribution in [0.1, 0.15) is 5.56 Å². The molecule has 1 N–H and O–H groups in total. The summed E-state index contributed by atoms with van der Waals surface area (Å²) in [5.74, 6) is -0.0445. The number of aryl methyl sites for hydroxylation is 1. The highest BCUT2D eigenvalue weighted by Gasteiger charge is 2.18. The van der Waals surface area contributed by atoms with Crippen molar-refractivity contribution in [3.63, 3.8) is 0 Å². The number of methoxy groups -OCH3 is 1. The van der Waals surface area contributed by atoms with Crippen LogP contribution in [0.4, 0.5) is 10.3 Å². The van der Waals surface area contributed by atoms with Crippen LogP contribution in [0.2, 0.25) is 0 Å². The molecule has 3 aromatic rings. The number of fused-ring (bicyclic) bond motifs is 1. The molecular weight excluding hydrogens is 355 g/mol. The Labute approximate surface area is 153 Å². The number of hydrogen-bond acceptors (Lipinski definition) is 6. The average molecular weight is 374 g/mol. The van der Waals surface area contributed by atoms with Gasteiger partial charge in [0.2, 0.25) is 5.95 Å². The predicted octanol–water partition coefficient (Wildman–Crippen LogP) is 0.665. The minimum Gasteiger partial charge on any atom is -0.383 e. The van der Waals surface area contributed by atoms with E-state index in [2.05, 4.69) is 15.5 Å². The Bertz CT molecular complexity index is 1110. The summed E-state index contributed by atoms with van der Waals surface area (Å²) in [4.78, 5) is 29.1. The van der Waals surface area contributed by atoms with E-state index in [-0.39, 0.29) is 17.0 Å². The van der Waals surface area contributed by atoms with Crippen LogP contribution in [0.25, 0.3) is 11.2 Å². The van der Waals surface area contributed by atoms with Crippen molar-refractivity contribution in [1.29, 1.82) is 0 Å². The zero-order chi connectivity index (χ0) is 19.6. The van der Waals surface area contributed by atoms with Gasteiger partial charge in [0.1, 0.15) is 5.82 Å². The van der Waals surface area contributed by atoms with Gasteiger partial charge >= 0.3 is 5.69 Å². The SMILES string of the molecule is COCCn1c(NN=Cc2ccc(F)cc2)nc2c1c(=O)n(C)c(=O)n2C. The maximum atomic E-state index is 13.0. The molecule has 0 aliphatic rings. The number of imidazole rings is 1. The molecule has 10 heteroatoms. The van der Waals surface area contributed by atoms with Gasteiger partial charge in [0.05, 0.1) is 12.8 Å². The third-order valence-electron chi connectivity index (χ3n) is 4.12. The van der Waals surface area contributed by atoms with Gasteiger partial charge in [-0.05, 0) is 17.7 Å². The summed E-state index contributed by atoms with van der Waals surface area (Å²) in [7, 11) is 4.51. The van der Waals surface area contributed by atoms with E-state index in [1.807, 2.05) is 0 Å². The molecule has 0 atom stereocenters. The second-order valence-corrected chi connectivity index (χ2v) is 5.88. The highest BCUT2D eigenvalue weighted by molar-refractivity contribution is 5.80. The lowest BCUT2D eigenvalue weighted by molar-refractivity contribution is 0.188. The van der Waals surface area contributed by atoms with E-state index in [9.17, 15) is 14.0 Å². The maximum Gasteiger partial charge on any atom is 0.332 e. The summed E-state index contributed by atoms with van der Waals surface area (Å²) in [6.45, 7) is 0.683. The normalized spacial score (nSPS) is 11.6. The Morgan fingerprint density at radius 3 is 2.59 bits per heavy atom. The molecular formula is C17H19FN6O3. The fraction of sp³-hybridized carbons (Fsp3) is 0.294. The first-order valence-corrected chi connectivity index (χ1v) is 8.14. The topological polar surface area (TPSA) is 95.4 Å². The fourth-order valence-corrected chi connectivity index (χ4v) is 2.65.